The monoisotopic (exact) mass is 358 g/mol. The van der Waals surface area contributed by atoms with Gasteiger partial charge in [0.15, 0.2) is 5.89 Å². The molecule has 1 unspecified atom stereocenters. The Kier molecular flexibility index (Phi) is 5.81. The number of aromatic nitrogens is 1. The number of ether oxygens (including phenoxy) is 2. The van der Waals surface area contributed by atoms with E-state index in [1.165, 1.54) is 0 Å². The zero-order chi connectivity index (χ0) is 18.5. The van der Waals surface area contributed by atoms with Gasteiger partial charge in [-0.2, -0.15) is 0 Å². The summed E-state index contributed by atoms with van der Waals surface area (Å²) in [6, 6.07) is 7.58. The minimum Gasteiger partial charge on any atom is -0.497 e. The van der Waals surface area contributed by atoms with Crippen molar-refractivity contribution < 1.29 is 18.7 Å². The molecular formula is C20H26N2O4. The Morgan fingerprint density at radius 1 is 1.38 bits per heavy atom. The molecule has 1 atom stereocenters. The largest absolute Gasteiger partial charge is 0.497 e. The summed E-state index contributed by atoms with van der Waals surface area (Å²) in [5.41, 5.74) is 0.668. The number of carbonyl (C=O) groups excluding carboxylic acids is 1. The van der Waals surface area contributed by atoms with Crippen molar-refractivity contribution in [2.24, 2.45) is 5.92 Å². The van der Waals surface area contributed by atoms with Gasteiger partial charge in [-0.25, -0.2) is 4.98 Å². The number of aryl methyl sites for hydroxylation is 2. The molecule has 0 N–H and O–H groups in total. The minimum atomic E-state index is -0.0687. The molecule has 0 spiro atoms. The van der Waals surface area contributed by atoms with Crippen LogP contribution in [0, 0.1) is 12.8 Å². The Hall–Kier alpha value is -2.50. The molecule has 3 rings (SSSR count). The molecule has 0 saturated carbocycles. The van der Waals surface area contributed by atoms with E-state index in [1.807, 2.05) is 43.0 Å². The minimum absolute atomic E-state index is 0.0687. The van der Waals surface area contributed by atoms with E-state index in [4.69, 9.17) is 13.9 Å². The van der Waals surface area contributed by atoms with Crippen molar-refractivity contribution in [1.82, 2.24) is 9.88 Å². The standard InChI is InChI=1S/C20H26N2O4/c1-4-18-21-14(2)19(26-18)20(23)22-10-6-7-15(12-22)13-25-17-9-5-8-16(11-17)24-3/h5,8-9,11,15H,4,6-7,10,12-13H2,1-3H3. The average Bonchev–Trinajstić information content (AvgIpc) is 3.07. The first-order chi connectivity index (χ1) is 12.6. The van der Waals surface area contributed by atoms with Gasteiger partial charge in [-0.1, -0.05) is 13.0 Å². The van der Waals surface area contributed by atoms with Crippen LogP contribution in [0.15, 0.2) is 28.7 Å². The predicted octanol–water partition coefficient (Wildman–Crippen LogP) is 3.49. The molecule has 0 aliphatic carbocycles. The van der Waals surface area contributed by atoms with Gasteiger partial charge in [0.1, 0.15) is 11.5 Å². The second-order valence-corrected chi connectivity index (χ2v) is 6.63. The van der Waals surface area contributed by atoms with Crippen LogP contribution in [0.25, 0.3) is 0 Å². The van der Waals surface area contributed by atoms with Gasteiger partial charge >= 0.3 is 0 Å². The molecule has 26 heavy (non-hydrogen) atoms. The third-order valence-corrected chi connectivity index (χ3v) is 4.67. The van der Waals surface area contributed by atoms with E-state index in [0.717, 1.165) is 30.9 Å². The number of benzene rings is 1. The van der Waals surface area contributed by atoms with Gasteiger partial charge < -0.3 is 18.8 Å². The fourth-order valence-corrected chi connectivity index (χ4v) is 3.24. The topological polar surface area (TPSA) is 64.8 Å². The van der Waals surface area contributed by atoms with Gasteiger partial charge in [0.05, 0.1) is 19.4 Å². The quantitative estimate of drug-likeness (QED) is 0.791. The van der Waals surface area contributed by atoms with Crippen LogP contribution in [0.5, 0.6) is 11.5 Å². The summed E-state index contributed by atoms with van der Waals surface area (Å²) in [5, 5.41) is 0. The zero-order valence-electron chi connectivity index (χ0n) is 15.7. The highest BCUT2D eigenvalue weighted by Crippen LogP contribution is 2.23. The number of hydrogen-bond donors (Lipinski definition) is 0. The van der Waals surface area contributed by atoms with Crippen molar-refractivity contribution in [3.05, 3.63) is 41.6 Å². The Balaban J connectivity index is 1.59. The van der Waals surface area contributed by atoms with Crippen LogP contribution in [-0.4, -0.2) is 42.6 Å². The second-order valence-electron chi connectivity index (χ2n) is 6.63. The number of piperidine rings is 1. The SMILES string of the molecule is CCc1nc(C)c(C(=O)N2CCCC(COc3cccc(OC)c3)C2)o1. The number of amides is 1. The van der Waals surface area contributed by atoms with Crippen LogP contribution in [-0.2, 0) is 6.42 Å². The fourth-order valence-electron chi connectivity index (χ4n) is 3.24. The molecule has 1 aromatic heterocycles. The summed E-state index contributed by atoms with van der Waals surface area (Å²) < 4.78 is 16.8. The van der Waals surface area contributed by atoms with Crippen molar-refractivity contribution in [1.29, 1.82) is 0 Å². The predicted molar refractivity (Wildman–Crippen MR) is 97.7 cm³/mol. The third kappa shape index (κ3) is 4.18. The summed E-state index contributed by atoms with van der Waals surface area (Å²) >= 11 is 0. The van der Waals surface area contributed by atoms with E-state index in [0.29, 0.717) is 42.8 Å². The number of oxazole rings is 1. The van der Waals surface area contributed by atoms with E-state index < -0.39 is 0 Å². The first-order valence-electron chi connectivity index (χ1n) is 9.13. The highest BCUT2D eigenvalue weighted by atomic mass is 16.5. The molecule has 2 aromatic rings. The molecule has 1 aromatic carbocycles. The number of hydrogen-bond acceptors (Lipinski definition) is 5. The van der Waals surface area contributed by atoms with Crippen molar-refractivity contribution in [3.8, 4) is 11.5 Å². The third-order valence-electron chi connectivity index (χ3n) is 4.67. The van der Waals surface area contributed by atoms with Crippen LogP contribution in [0.1, 0.15) is 41.9 Å². The van der Waals surface area contributed by atoms with Crippen molar-refractivity contribution >= 4 is 5.91 Å². The van der Waals surface area contributed by atoms with E-state index in [1.54, 1.807) is 7.11 Å². The lowest BCUT2D eigenvalue weighted by atomic mass is 9.98. The molecule has 1 aliphatic rings. The fraction of sp³-hybridized carbons (Fsp3) is 0.500. The van der Waals surface area contributed by atoms with E-state index in [2.05, 4.69) is 4.98 Å². The van der Waals surface area contributed by atoms with Crippen LogP contribution < -0.4 is 9.47 Å². The summed E-state index contributed by atoms with van der Waals surface area (Å²) in [7, 11) is 1.64. The van der Waals surface area contributed by atoms with Crippen LogP contribution in [0.3, 0.4) is 0 Å². The molecule has 0 bridgehead atoms. The Morgan fingerprint density at radius 2 is 2.19 bits per heavy atom. The Bertz CT molecular complexity index is 756. The number of likely N-dealkylation sites (tertiary alicyclic amines) is 1. The number of carbonyl (C=O) groups is 1. The smallest absolute Gasteiger partial charge is 0.291 e. The number of methoxy groups -OCH3 is 1. The normalized spacial score (nSPS) is 17.2. The van der Waals surface area contributed by atoms with Crippen molar-refractivity contribution in [2.45, 2.75) is 33.1 Å². The molecule has 140 valence electrons. The summed E-state index contributed by atoms with van der Waals surface area (Å²) in [5.74, 6) is 2.77. The van der Waals surface area contributed by atoms with Crippen molar-refractivity contribution in [2.75, 3.05) is 26.8 Å². The van der Waals surface area contributed by atoms with Crippen LogP contribution in [0.4, 0.5) is 0 Å². The van der Waals surface area contributed by atoms with Gasteiger partial charge in [0.2, 0.25) is 5.76 Å². The van der Waals surface area contributed by atoms with Gasteiger partial charge in [0, 0.05) is 31.5 Å². The van der Waals surface area contributed by atoms with Gasteiger partial charge in [-0.3, -0.25) is 4.79 Å². The first kappa shape index (κ1) is 18.3. The average molecular weight is 358 g/mol. The molecule has 1 amide bonds. The Morgan fingerprint density at radius 3 is 2.92 bits per heavy atom. The van der Waals surface area contributed by atoms with E-state index >= 15 is 0 Å². The zero-order valence-corrected chi connectivity index (χ0v) is 15.7. The lowest BCUT2D eigenvalue weighted by Crippen LogP contribution is -2.41. The maximum atomic E-state index is 12.8. The van der Waals surface area contributed by atoms with Gasteiger partial charge in [-0.15, -0.1) is 0 Å². The van der Waals surface area contributed by atoms with E-state index in [9.17, 15) is 4.79 Å². The van der Waals surface area contributed by atoms with E-state index in [-0.39, 0.29) is 5.91 Å². The summed E-state index contributed by atoms with van der Waals surface area (Å²) in [6.45, 7) is 5.78. The summed E-state index contributed by atoms with van der Waals surface area (Å²) in [6.07, 6.45) is 2.69. The van der Waals surface area contributed by atoms with Crippen LogP contribution in [0.2, 0.25) is 0 Å². The maximum Gasteiger partial charge on any atom is 0.291 e. The highest BCUT2D eigenvalue weighted by Gasteiger charge is 2.28. The molecule has 1 saturated heterocycles. The maximum absolute atomic E-state index is 12.8. The Labute approximate surface area is 154 Å². The van der Waals surface area contributed by atoms with Gasteiger partial charge in [0.25, 0.3) is 5.91 Å². The van der Waals surface area contributed by atoms with Crippen LogP contribution >= 0.6 is 0 Å². The first-order valence-corrected chi connectivity index (χ1v) is 9.13. The van der Waals surface area contributed by atoms with Gasteiger partial charge in [-0.05, 0) is 31.9 Å². The molecule has 2 heterocycles. The lowest BCUT2D eigenvalue weighted by molar-refractivity contribution is 0.0599. The number of nitrogens with zero attached hydrogens (tertiary/aromatic N) is 2. The lowest BCUT2D eigenvalue weighted by Gasteiger charge is -2.32. The number of rotatable bonds is 6. The molecule has 6 heteroatoms. The molecule has 1 aliphatic heterocycles. The summed E-state index contributed by atoms with van der Waals surface area (Å²) in [4.78, 5) is 19.0. The second kappa shape index (κ2) is 8.25. The molecule has 6 nitrogen and oxygen atoms in total. The highest BCUT2D eigenvalue weighted by molar-refractivity contribution is 5.92. The van der Waals surface area contributed by atoms with Crippen molar-refractivity contribution in [3.63, 3.8) is 0 Å². The molecule has 0 radical (unpaired) electrons. The molecular weight excluding hydrogens is 332 g/mol. The molecule has 1 fully saturated rings.